The highest BCUT2D eigenvalue weighted by atomic mass is 15.2. The van der Waals surface area contributed by atoms with E-state index in [1.165, 1.54) is 186 Å². The van der Waals surface area contributed by atoms with Crippen LogP contribution in [0, 0.1) is 0 Å². The van der Waals surface area contributed by atoms with Crippen LogP contribution in [0.3, 0.4) is 0 Å². The first-order chi connectivity index (χ1) is 74.4. The molecule has 0 spiro atoms. The van der Waals surface area contributed by atoms with E-state index in [4.69, 9.17) is 0 Å². The molecule has 150 heavy (non-hydrogen) atoms. The number of hydrogen-bond donors (Lipinski definition) is 0. The fraction of sp³-hybridized carbons (Fsp3) is 0. The standard InChI is InChI=1S/2C50H34N2.C44H30N2/c1-2-13-42(14-3-1)51(44-29-24-38(25-30-44)41-19-18-35-10-4-5-12-40(35)34-41)43-27-20-36(21-28-43)37-22-31-45(32-23-37)52-48-17-9-8-16-47(48)50-46-15-7-6-11-39(46)26-33-49(50)52;1-2-10-35(11-3-1)37-20-25-42(26-21-37)51(43-27-22-38(23-28-43)41-19-18-36-12-4-5-14-40(36)34-41)44-29-31-45(32-30-44)52-48-17-9-8-16-47(48)50-46-15-7-6-13-39(46)24-33-49(50)52;1-2-16-36(17-3-1)45(37-18-10-15-34(29-37)35-25-24-31-12-4-5-14-33(31)28-35)38-19-11-20-39(30-38)46-42-23-9-8-22-41(42)44-40-21-7-6-13-32(40)26-27-43(44)46/h2*1-34H;1-30H. The van der Waals surface area contributed by atoms with Crippen LogP contribution < -0.4 is 14.7 Å². The van der Waals surface area contributed by atoms with Crippen LogP contribution in [0.1, 0.15) is 0 Å². The Kier molecular flexibility index (Phi) is 22.9. The lowest BCUT2D eigenvalue weighted by Crippen LogP contribution is -2.10. The maximum absolute atomic E-state index is 2.41. The Morgan fingerprint density at radius 3 is 0.700 bits per heavy atom. The Balaban J connectivity index is 0.000000111. The van der Waals surface area contributed by atoms with Crippen LogP contribution in [0.15, 0.2) is 595 Å². The molecule has 0 unspecified atom stereocenters. The van der Waals surface area contributed by atoms with E-state index in [0.717, 1.165) is 68.2 Å². The lowest BCUT2D eigenvalue weighted by molar-refractivity contribution is 1.17. The molecule has 0 aliphatic rings. The van der Waals surface area contributed by atoms with Gasteiger partial charge in [0, 0.05) is 101 Å². The minimum atomic E-state index is 1.10. The zero-order valence-corrected chi connectivity index (χ0v) is 82.3. The number of fused-ring (bicyclic) bond motifs is 18. The SMILES string of the molecule is c1ccc(-c2ccc(N(c3ccc(-c4ccc5ccccc5c4)cc3)c3ccc(-n4c5ccccc5c5c6ccccc6ccc54)cc3)cc2)cc1.c1ccc(N(c2ccc(-c3ccc(-n4c5ccccc5c5c6ccccc6ccc54)cc3)cc2)c2ccc(-c3ccc4ccccc4c3)cc2)cc1.c1ccc(N(c2cccc(-c3ccc4ccccc4c3)c2)c2cccc(-n3c4ccccc4c4c5ccccc5ccc43)c2)cc1. The van der Waals surface area contributed by atoms with Gasteiger partial charge in [-0.25, -0.2) is 0 Å². The maximum Gasteiger partial charge on any atom is 0.0547 e. The van der Waals surface area contributed by atoms with Gasteiger partial charge in [0.2, 0.25) is 0 Å². The van der Waals surface area contributed by atoms with Crippen LogP contribution in [-0.4, -0.2) is 13.7 Å². The quantitative estimate of drug-likeness (QED) is 0.0908. The number of aromatic nitrogens is 3. The average molecular weight is 1910 g/mol. The summed E-state index contributed by atoms with van der Waals surface area (Å²) in [5.74, 6) is 0. The largest absolute Gasteiger partial charge is 0.311 e. The van der Waals surface area contributed by atoms with E-state index in [1.54, 1.807) is 0 Å². The van der Waals surface area contributed by atoms with Crippen LogP contribution >= 0.6 is 0 Å². The summed E-state index contributed by atoms with van der Waals surface area (Å²) in [6.07, 6.45) is 0. The predicted molar refractivity (Wildman–Crippen MR) is 639 cm³/mol. The summed E-state index contributed by atoms with van der Waals surface area (Å²) in [7, 11) is 0. The van der Waals surface area contributed by atoms with Gasteiger partial charge in [0.05, 0.1) is 33.1 Å². The third-order valence-corrected chi connectivity index (χ3v) is 29.8. The molecule has 0 aliphatic carbocycles. The molecule has 26 aromatic carbocycles. The van der Waals surface area contributed by atoms with E-state index < -0.39 is 0 Å². The lowest BCUT2D eigenvalue weighted by atomic mass is 10.0. The summed E-state index contributed by atoms with van der Waals surface area (Å²) >= 11 is 0. The van der Waals surface area contributed by atoms with E-state index in [-0.39, 0.29) is 0 Å². The fourth-order valence-corrected chi connectivity index (χ4v) is 22.6. The molecule has 0 saturated carbocycles. The normalized spacial score (nSPS) is 11.5. The van der Waals surface area contributed by atoms with Crippen molar-refractivity contribution in [1.29, 1.82) is 0 Å². The summed E-state index contributed by atoms with van der Waals surface area (Å²) in [6, 6.07) is 215. The molecule has 29 aromatic rings. The molecular formula is C144H98N6. The van der Waals surface area contributed by atoms with E-state index in [9.17, 15) is 0 Å². The first-order valence-corrected chi connectivity index (χ1v) is 51.5. The smallest absolute Gasteiger partial charge is 0.0547 e. The summed E-state index contributed by atoms with van der Waals surface area (Å²) in [6.45, 7) is 0. The van der Waals surface area contributed by atoms with Gasteiger partial charge in [-0.3, -0.25) is 0 Å². The van der Waals surface area contributed by atoms with Crippen molar-refractivity contribution in [2.24, 2.45) is 0 Å². The van der Waals surface area contributed by atoms with Crippen molar-refractivity contribution < 1.29 is 0 Å². The molecule has 6 heteroatoms. The summed E-state index contributed by atoms with van der Waals surface area (Å²) < 4.78 is 7.21. The zero-order valence-electron chi connectivity index (χ0n) is 82.3. The second-order valence-electron chi connectivity index (χ2n) is 38.7. The molecule has 6 nitrogen and oxygen atoms in total. The molecule has 0 aliphatic heterocycles. The number of benzene rings is 26. The first kappa shape index (κ1) is 89.0. The molecule has 3 aromatic heterocycles. The molecule has 0 atom stereocenters. The van der Waals surface area contributed by atoms with Gasteiger partial charge in [-0.05, 0) is 314 Å². The summed E-state index contributed by atoms with van der Waals surface area (Å²) in [5.41, 5.74) is 32.7. The maximum atomic E-state index is 2.41. The molecule has 0 bridgehead atoms. The number of para-hydroxylation sites is 5. The van der Waals surface area contributed by atoms with Gasteiger partial charge in [-0.15, -0.1) is 0 Å². The predicted octanol–water partition coefficient (Wildman–Crippen LogP) is 40.0. The highest BCUT2D eigenvalue weighted by molar-refractivity contribution is 6.24. The Hall–Kier alpha value is -19.9. The Bertz CT molecular complexity index is 10100. The monoisotopic (exact) mass is 1910 g/mol. The molecule has 0 saturated heterocycles. The van der Waals surface area contributed by atoms with Crippen molar-refractivity contribution in [3.05, 3.63) is 595 Å². The average Bonchev–Trinajstić information content (AvgIpc) is 1.57. The van der Waals surface area contributed by atoms with Crippen molar-refractivity contribution in [3.63, 3.8) is 0 Å². The topological polar surface area (TPSA) is 24.5 Å². The van der Waals surface area contributed by atoms with Gasteiger partial charge in [-0.1, -0.05) is 400 Å². The van der Waals surface area contributed by atoms with E-state index in [2.05, 4.69) is 623 Å². The molecule has 0 N–H and O–H groups in total. The van der Waals surface area contributed by atoms with Crippen LogP contribution in [-0.2, 0) is 0 Å². The molecule has 0 fully saturated rings. The molecule has 0 radical (unpaired) electrons. The van der Waals surface area contributed by atoms with Gasteiger partial charge in [-0.2, -0.15) is 0 Å². The Morgan fingerprint density at radius 2 is 0.327 bits per heavy atom. The summed E-state index contributed by atoms with van der Waals surface area (Å²) in [5, 5.41) is 22.9. The van der Waals surface area contributed by atoms with Crippen molar-refractivity contribution in [2.75, 3.05) is 14.7 Å². The van der Waals surface area contributed by atoms with Crippen LogP contribution in [0.5, 0.6) is 0 Å². The van der Waals surface area contributed by atoms with Crippen molar-refractivity contribution in [3.8, 4) is 72.7 Å². The first-order valence-electron chi connectivity index (χ1n) is 51.5. The lowest BCUT2D eigenvalue weighted by Gasteiger charge is -2.26. The second-order valence-corrected chi connectivity index (χ2v) is 38.7. The number of nitrogens with zero attached hydrogens (tertiary/aromatic N) is 6. The molecule has 0 amide bonds. The number of rotatable bonds is 17. The van der Waals surface area contributed by atoms with Crippen molar-refractivity contribution in [1.82, 2.24) is 13.7 Å². The Labute approximate surface area is 870 Å². The third kappa shape index (κ3) is 16.6. The molecule has 704 valence electrons. The third-order valence-electron chi connectivity index (χ3n) is 29.8. The summed E-state index contributed by atoms with van der Waals surface area (Å²) in [4.78, 5) is 7.03. The number of hydrogen-bond acceptors (Lipinski definition) is 3. The van der Waals surface area contributed by atoms with E-state index in [0.29, 0.717) is 0 Å². The zero-order chi connectivity index (χ0) is 99.3. The highest BCUT2D eigenvalue weighted by Crippen LogP contribution is 2.47. The van der Waals surface area contributed by atoms with Crippen molar-refractivity contribution in [2.45, 2.75) is 0 Å². The van der Waals surface area contributed by atoms with Gasteiger partial charge in [0.25, 0.3) is 0 Å². The van der Waals surface area contributed by atoms with Crippen LogP contribution in [0.4, 0.5) is 51.2 Å². The minimum Gasteiger partial charge on any atom is -0.311 e. The van der Waals surface area contributed by atoms with Gasteiger partial charge >= 0.3 is 0 Å². The van der Waals surface area contributed by atoms with E-state index >= 15 is 0 Å². The highest BCUT2D eigenvalue weighted by Gasteiger charge is 2.24. The molecular weight excluding hydrogens is 1810 g/mol. The van der Waals surface area contributed by atoms with Crippen LogP contribution in [0.2, 0.25) is 0 Å². The fourth-order valence-electron chi connectivity index (χ4n) is 22.6. The van der Waals surface area contributed by atoms with Crippen molar-refractivity contribution >= 4 is 181 Å². The number of anilines is 9. The second kappa shape index (κ2) is 38.6. The van der Waals surface area contributed by atoms with Gasteiger partial charge in [0.15, 0.2) is 0 Å². The van der Waals surface area contributed by atoms with Gasteiger partial charge < -0.3 is 28.4 Å². The Morgan fingerprint density at radius 1 is 0.107 bits per heavy atom. The minimum absolute atomic E-state index is 1.10. The van der Waals surface area contributed by atoms with E-state index in [1.807, 2.05) is 0 Å². The van der Waals surface area contributed by atoms with Gasteiger partial charge in [0.1, 0.15) is 0 Å². The van der Waals surface area contributed by atoms with Crippen LogP contribution in [0.25, 0.3) is 203 Å². The molecule has 3 heterocycles. The molecule has 29 rings (SSSR count).